The first-order valence-electron chi connectivity index (χ1n) is 7.57. The predicted molar refractivity (Wildman–Crippen MR) is 94.4 cm³/mol. The van der Waals surface area contributed by atoms with Gasteiger partial charge < -0.3 is 10.1 Å². The number of carbonyl (C=O) groups excluding carboxylic acids is 1. The van der Waals surface area contributed by atoms with Crippen molar-refractivity contribution in [2.45, 2.75) is 13.8 Å². The lowest BCUT2D eigenvalue weighted by molar-refractivity contribution is -0.118. The molecular formula is C18H15N3O2S. The topological polar surface area (TPSA) is 64.1 Å². The summed E-state index contributed by atoms with van der Waals surface area (Å²) in [4.78, 5) is 20.6. The highest BCUT2D eigenvalue weighted by molar-refractivity contribution is 7.13. The maximum atomic E-state index is 11.6. The maximum Gasteiger partial charge on any atom is 0.262 e. The van der Waals surface area contributed by atoms with E-state index in [1.807, 2.05) is 49.7 Å². The van der Waals surface area contributed by atoms with E-state index in [2.05, 4.69) is 10.3 Å². The molecule has 1 amide bonds. The molecule has 5 nitrogen and oxygen atoms in total. The number of carbonyl (C=O) groups is 1. The van der Waals surface area contributed by atoms with Crippen LogP contribution in [-0.2, 0) is 4.79 Å². The van der Waals surface area contributed by atoms with Gasteiger partial charge in [0.2, 0.25) is 0 Å². The molecule has 0 aliphatic carbocycles. The number of anilines is 1. The molecule has 24 heavy (non-hydrogen) atoms. The monoisotopic (exact) mass is 337 g/mol. The molecule has 0 spiro atoms. The highest BCUT2D eigenvalue weighted by atomic mass is 32.1. The molecule has 0 bridgehead atoms. The molecule has 4 rings (SSSR count). The van der Waals surface area contributed by atoms with Crippen LogP contribution in [0.15, 0.2) is 35.8 Å². The summed E-state index contributed by atoms with van der Waals surface area (Å²) in [6.45, 7) is 3.99. The molecule has 0 saturated heterocycles. The molecule has 3 heterocycles. The Labute approximate surface area is 143 Å². The van der Waals surface area contributed by atoms with Crippen molar-refractivity contribution in [2.75, 3.05) is 11.9 Å². The number of hydrogen-bond donors (Lipinski definition) is 1. The number of benzene rings is 1. The highest BCUT2D eigenvalue weighted by Gasteiger charge is 2.20. The molecule has 6 heteroatoms. The molecule has 0 unspecified atom stereocenters. The Balaban J connectivity index is 1.74. The van der Waals surface area contributed by atoms with E-state index in [0.29, 0.717) is 5.75 Å². The Morgan fingerprint density at radius 2 is 2.08 bits per heavy atom. The quantitative estimate of drug-likeness (QED) is 0.772. The number of nitrogens with one attached hydrogen (secondary N) is 1. The number of ether oxygens (including phenoxy) is 1. The summed E-state index contributed by atoms with van der Waals surface area (Å²) in [5.41, 5.74) is 5.55. The molecule has 3 aromatic rings. The number of rotatable bonds is 2. The number of aromatic nitrogens is 2. The average Bonchev–Trinajstić information content (AvgIpc) is 3.06. The second-order valence-electron chi connectivity index (χ2n) is 5.67. The third-order valence-electron chi connectivity index (χ3n) is 3.99. The summed E-state index contributed by atoms with van der Waals surface area (Å²) < 4.78 is 5.46. The first kappa shape index (κ1) is 14.8. The molecule has 0 saturated carbocycles. The molecule has 0 atom stereocenters. The van der Waals surface area contributed by atoms with E-state index in [0.717, 1.165) is 38.8 Å². The molecule has 1 aliphatic rings. The smallest absolute Gasteiger partial charge is 0.262 e. The number of aryl methyl sites for hydroxylation is 1. The molecule has 0 radical (unpaired) electrons. The van der Waals surface area contributed by atoms with Gasteiger partial charge in [0.25, 0.3) is 5.91 Å². The molecular weight excluding hydrogens is 322 g/mol. The van der Waals surface area contributed by atoms with E-state index >= 15 is 0 Å². The summed E-state index contributed by atoms with van der Waals surface area (Å²) in [6.07, 6.45) is 1.84. The van der Waals surface area contributed by atoms with Crippen LogP contribution in [0, 0.1) is 13.8 Å². The van der Waals surface area contributed by atoms with Gasteiger partial charge in [-0.1, -0.05) is 0 Å². The fourth-order valence-corrected chi connectivity index (χ4v) is 3.49. The molecule has 1 N–H and O–H groups in total. The van der Waals surface area contributed by atoms with E-state index in [4.69, 9.17) is 9.72 Å². The maximum absolute atomic E-state index is 11.6. The van der Waals surface area contributed by atoms with E-state index in [-0.39, 0.29) is 12.5 Å². The van der Waals surface area contributed by atoms with E-state index in [9.17, 15) is 4.79 Å². The Hall–Kier alpha value is -2.73. The van der Waals surface area contributed by atoms with Gasteiger partial charge in [-0.15, -0.1) is 11.3 Å². The minimum absolute atomic E-state index is 0.0626. The van der Waals surface area contributed by atoms with Gasteiger partial charge in [-0.25, -0.2) is 4.98 Å². The Kier molecular flexibility index (Phi) is 3.54. The van der Waals surface area contributed by atoms with Crippen molar-refractivity contribution in [3.63, 3.8) is 0 Å². The second-order valence-corrected chi connectivity index (χ2v) is 6.53. The number of nitrogens with zero attached hydrogens (tertiary/aromatic N) is 2. The minimum Gasteiger partial charge on any atom is -0.482 e. The summed E-state index contributed by atoms with van der Waals surface area (Å²) in [5, 5.41) is 5.83. The van der Waals surface area contributed by atoms with Gasteiger partial charge in [0.1, 0.15) is 10.8 Å². The van der Waals surface area contributed by atoms with E-state index in [1.54, 1.807) is 11.3 Å². The fourth-order valence-electron chi connectivity index (χ4n) is 2.68. The summed E-state index contributed by atoms with van der Waals surface area (Å²) in [7, 11) is 0. The number of amides is 1. The highest BCUT2D eigenvalue weighted by Crippen LogP contribution is 2.38. The fraction of sp³-hybridized carbons (Fsp3) is 0.167. The number of pyridine rings is 1. The van der Waals surface area contributed by atoms with Crippen molar-refractivity contribution >= 4 is 22.9 Å². The zero-order chi connectivity index (χ0) is 16.7. The van der Waals surface area contributed by atoms with Crippen LogP contribution in [0.3, 0.4) is 0 Å². The van der Waals surface area contributed by atoms with Crippen molar-refractivity contribution in [2.24, 2.45) is 0 Å². The lowest BCUT2D eigenvalue weighted by Gasteiger charge is -2.21. The van der Waals surface area contributed by atoms with Crippen LogP contribution in [0.5, 0.6) is 5.75 Å². The van der Waals surface area contributed by atoms with Gasteiger partial charge >= 0.3 is 0 Å². The standard InChI is InChI=1S/C18H15N3O2S/c1-10-3-4-12(7-19-10)18-20-14(9-24-18)13-5-6-15-17(11(13)2)21-16(22)8-23-15/h3-7,9H,8H2,1-2H3,(H,21,22). The van der Waals surface area contributed by atoms with Crippen molar-refractivity contribution in [1.82, 2.24) is 9.97 Å². The molecule has 2 aromatic heterocycles. The summed E-state index contributed by atoms with van der Waals surface area (Å²) in [5.74, 6) is 0.571. The Morgan fingerprint density at radius 1 is 1.21 bits per heavy atom. The normalized spacial score (nSPS) is 13.2. The Morgan fingerprint density at radius 3 is 2.88 bits per heavy atom. The lowest BCUT2D eigenvalue weighted by Crippen LogP contribution is -2.26. The largest absolute Gasteiger partial charge is 0.482 e. The summed E-state index contributed by atoms with van der Waals surface area (Å²) in [6, 6.07) is 7.87. The van der Waals surface area contributed by atoms with Crippen molar-refractivity contribution in [3.05, 3.63) is 47.1 Å². The van der Waals surface area contributed by atoms with Crippen LogP contribution < -0.4 is 10.1 Å². The summed E-state index contributed by atoms with van der Waals surface area (Å²) >= 11 is 1.58. The molecule has 120 valence electrons. The van der Waals surface area contributed by atoms with E-state index < -0.39 is 0 Å². The van der Waals surface area contributed by atoms with Gasteiger partial charge in [-0.2, -0.15) is 0 Å². The minimum atomic E-state index is -0.132. The zero-order valence-electron chi connectivity index (χ0n) is 13.3. The lowest BCUT2D eigenvalue weighted by atomic mass is 10.0. The second kappa shape index (κ2) is 5.72. The Bertz CT molecular complexity index is 932. The molecule has 1 aromatic carbocycles. The van der Waals surface area contributed by atoms with Gasteiger partial charge in [-0.05, 0) is 43.7 Å². The van der Waals surface area contributed by atoms with Gasteiger partial charge in [0.05, 0.1) is 11.4 Å². The average molecular weight is 337 g/mol. The number of hydrogen-bond acceptors (Lipinski definition) is 5. The van der Waals surface area contributed by atoms with Crippen LogP contribution in [0.1, 0.15) is 11.3 Å². The van der Waals surface area contributed by atoms with Crippen molar-refractivity contribution < 1.29 is 9.53 Å². The zero-order valence-corrected chi connectivity index (χ0v) is 14.1. The van der Waals surface area contributed by atoms with Gasteiger partial charge in [0, 0.05) is 28.4 Å². The predicted octanol–water partition coefficient (Wildman–Crippen LogP) is 3.82. The van der Waals surface area contributed by atoms with Gasteiger partial charge in [0.15, 0.2) is 6.61 Å². The van der Waals surface area contributed by atoms with Crippen molar-refractivity contribution in [3.8, 4) is 27.6 Å². The third kappa shape index (κ3) is 2.55. The number of fused-ring (bicyclic) bond motifs is 1. The van der Waals surface area contributed by atoms with Crippen LogP contribution in [0.25, 0.3) is 21.8 Å². The van der Waals surface area contributed by atoms with E-state index in [1.165, 1.54) is 0 Å². The van der Waals surface area contributed by atoms with Crippen LogP contribution in [0.4, 0.5) is 5.69 Å². The first-order chi connectivity index (χ1) is 11.6. The number of thiazole rings is 1. The molecule has 0 fully saturated rings. The van der Waals surface area contributed by atoms with Gasteiger partial charge in [-0.3, -0.25) is 9.78 Å². The van der Waals surface area contributed by atoms with Crippen molar-refractivity contribution in [1.29, 1.82) is 0 Å². The first-order valence-corrected chi connectivity index (χ1v) is 8.45. The van der Waals surface area contributed by atoms with Crippen LogP contribution in [0.2, 0.25) is 0 Å². The SMILES string of the molecule is Cc1ccc(-c2nc(-c3ccc4c(c3C)NC(=O)CO4)cs2)cn1. The third-order valence-corrected chi connectivity index (χ3v) is 4.88. The van der Waals surface area contributed by atoms with Crippen LogP contribution in [-0.4, -0.2) is 22.5 Å². The molecule has 1 aliphatic heterocycles. The van der Waals surface area contributed by atoms with Crippen LogP contribution >= 0.6 is 11.3 Å².